The van der Waals surface area contributed by atoms with E-state index in [9.17, 15) is 4.79 Å². The molecular formula is C12H16IN5O2S. The van der Waals surface area contributed by atoms with E-state index in [0.29, 0.717) is 19.0 Å². The average molecular weight is 421 g/mol. The second-order valence-electron chi connectivity index (χ2n) is 5.27. The van der Waals surface area contributed by atoms with E-state index in [0.717, 1.165) is 33.2 Å². The van der Waals surface area contributed by atoms with Gasteiger partial charge in [0.25, 0.3) is 0 Å². The molecule has 1 aliphatic heterocycles. The van der Waals surface area contributed by atoms with Crippen LogP contribution in [0.15, 0.2) is 6.20 Å². The molecule has 114 valence electrons. The van der Waals surface area contributed by atoms with Crippen molar-refractivity contribution in [1.29, 1.82) is 0 Å². The standard InChI is InChI=1S/C12H16IN5O2S/c1-16(6-8-2-4-17(5-3-8)12(19)20)11-15-18-7-9(13)14-10(18)21-11/h7-8H,2-6H2,1H3,(H,19,20). The number of halogens is 1. The predicted octanol–water partition coefficient (Wildman–Crippen LogP) is 2.22. The largest absolute Gasteiger partial charge is 0.465 e. The third kappa shape index (κ3) is 3.23. The van der Waals surface area contributed by atoms with Crippen molar-refractivity contribution in [3.05, 3.63) is 9.90 Å². The third-order valence-electron chi connectivity index (χ3n) is 3.75. The molecule has 0 aromatic carbocycles. The molecule has 1 fully saturated rings. The van der Waals surface area contributed by atoms with Crippen molar-refractivity contribution < 1.29 is 9.90 Å². The van der Waals surface area contributed by atoms with Gasteiger partial charge >= 0.3 is 6.09 Å². The summed E-state index contributed by atoms with van der Waals surface area (Å²) in [5.74, 6) is 0.516. The zero-order valence-electron chi connectivity index (χ0n) is 11.6. The maximum Gasteiger partial charge on any atom is 0.407 e. The fraction of sp³-hybridized carbons (Fsp3) is 0.583. The molecule has 0 radical (unpaired) electrons. The van der Waals surface area contributed by atoms with Gasteiger partial charge in [-0.05, 0) is 41.4 Å². The van der Waals surface area contributed by atoms with Crippen molar-refractivity contribution in [3.8, 4) is 0 Å². The zero-order valence-corrected chi connectivity index (χ0v) is 14.5. The van der Waals surface area contributed by atoms with E-state index >= 15 is 0 Å². The maximum absolute atomic E-state index is 10.9. The summed E-state index contributed by atoms with van der Waals surface area (Å²) in [7, 11) is 2.03. The van der Waals surface area contributed by atoms with Crippen LogP contribution in [0.4, 0.5) is 9.93 Å². The molecule has 1 aliphatic rings. The lowest BCUT2D eigenvalue weighted by Gasteiger charge is -2.32. The van der Waals surface area contributed by atoms with Gasteiger partial charge in [-0.3, -0.25) is 0 Å². The number of carbonyl (C=O) groups is 1. The van der Waals surface area contributed by atoms with Crippen LogP contribution in [0.5, 0.6) is 0 Å². The molecular weight excluding hydrogens is 405 g/mol. The molecule has 0 spiro atoms. The molecule has 1 N–H and O–H groups in total. The molecule has 2 aromatic rings. The smallest absolute Gasteiger partial charge is 0.407 e. The first-order valence-electron chi connectivity index (χ1n) is 6.73. The van der Waals surface area contributed by atoms with Crippen molar-refractivity contribution in [2.45, 2.75) is 12.8 Å². The summed E-state index contributed by atoms with van der Waals surface area (Å²) in [5.41, 5.74) is 0. The van der Waals surface area contributed by atoms with Gasteiger partial charge in [0.2, 0.25) is 10.1 Å². The van der Waals surface area contributed by atoms with Gasteiger partial charge in [0.05, 0.1) is 6.20 Å². The topological polar surface area (TPSA) is 74.0 Å². The van der Waals surface area contributed by atoms with Crippen LogP contribution in [0.25, 0.3) is 4.96 Å². The van der Waals surface area contributed by atoms with E-state index in [2.05, 4.69) is 37.6 Å². The molecule has 2 aromatic heterocycles. The minimum Gasteiger partial charge on any atom is -0.465 e. The van der Waals surface area contributed by atoms with Gasteiger partial charge in [-0.15, -0.1) is 5.10 Å². The van der Waals surface area contributed by atoms with Gasteiger partial charge < -0.3 is 14.9 Å². The number of nitrogens with zero attached hydrogens (tertiary/aromatic N) is 5. The van der Waals surface area contributed by atoms with Crippen LogP contribution in [-0.4, -0.2) is 57.4 Å². The van der Waals surface area contributed by atoms with Crippen molar-refractivity contribution in [2.24, 2.45) is 5.92 Å². The summed E-state index contributed by atoms with van der Waals surface area (Å²) in [6.07, 6.45) is 2.93. The number of piperidine rings is 1. The highest BCUT2D eigenvalue weighted by Crippen LogP contribution is 2.25. The van der Waals surface area contributed by atoms with Gasteiger partial charge in [-0.1, -0.05) is 11.3 Å². The second kappa shape index (κ2) is 5.95. The number of rotatable bonds is 3. The highest BCUT2D eigenvalue weighted by atomic mass is 127. The first kappa shape index (κ1) is 14.8. The summed E-state index contributed by atoms with van der Waals surface area (Å²) in [4.78, 5) is 19.8. The minimum atomic E-state index is -0.808. The quantitative estimate of drug-likeness (QED) is 0.770. The number of aromatic nitrogens is 3. The molecule has 1 saturated heterocycles. The van der Waals surface area contributed by atoms with Crippen LogP contribution in [0.2, 0.25) is 0 Å². The SMILES string of the molecule is CN(CC1CCN(C(=O)O)CC1)c1nn2cc(I)nc2s1. The number of imidazole rings is 1. The van der Waals surface area contributed by atoms with Gasteiger partial charge in [-0.25, -0.2) is 14.3 Å². The Bertz CT molecular complexity index is 618. The molecule has 0 atom stereocenters. The Morgan fingerprint density at radius 3 is 2.90 bits per heavy atom. The highest BCUT2D eigenvalue weighted by molar-refractivity contribution is 14.1. The predicted molar refractivity (Wildman–Crippen MR) is 89.2 cm³/mol. The van der Waals surface area contributed by atoms with Gasteiger partial charge in [0.1, 0.15) is 3.70 Å². The molecule has 7 nitrogen and oxygen atoms in total. The van der Waals surface area contributed by atoms with Crippen LogP contribution in [-0.2, 0) is 0 Å². The van der Waals surface area contributed by atoms with E-state index in [4.69, 9.17) is 5.11 Å². The molecule has 3 rings (SSSR count). The number of hydrogen-bond donors (Lipinski definition) is 1. The molecule has 0 bridgehead atoms. The van der Waals surface area contributed by atoms with Crippen LogP contribution < -0.4 is 4.90 Å². The Kier molecular flexibility index (Phi) is 4.20. The number of anilines is 1. The van der Waals surface area contributed by atoms with Crippen molar-refractivity contribution >= 4 is 50.1 Å². The Balaban J connectivity index is 1.60. The Morgan fingerprint density at radius 2 is 2.29 bits per heavy atom. The van der Waals surface area contributed by atoms with Gasteiger partial charge in [0, 0.05) is 26.7 Å². The summed E-state index contributed by atoms with van der Waals surface area (Å²) < 4.78 is 2.76. The normalized spacial score (nSPS) is 16.6. The van der Waals surface area contributed by atoms with Crippen LogP contribution in [0, 0.1) is 9.62 Å². The second-order valence-corrected chi connectivity index (χ2v) is 7.31. The van der Waals surface area contributed by atoms with Gasteiger partial charge in [0.15, 0.2) is 0 Å². The summed E-state index contributed by atoms with van der Waals surface area (Å²) in [6.45, 7) is 2.17. The molecule has 9 heteroatoms. The molecule has 21 heavy (non-hydrogen) atoms. The van der Waals surface area contributed by atoms with Crippen LogP contribution in [0.1, 0.15) is 12.8 Å². The first-order chi connectivity index (χ1) is 10.0. The van der Waals surface area contributed by atoms with Gasteiger partial charge in [-0.2, -0.15) is 0 Å². The van der Waals surface area contributed by atoms with E-state index in [1.54, 1.807) is 11.3 Å². The third-order valence-corrected chi connectivity index (χ3v) is 5.30. The zero-order chi connectivity index (χ0) is 15.0. The number of fused-ring (bicyclic) bond motifs is 1. The fourth-order valence-corrected chi connectivity index (χ4v) is 4.10. The lowest BCUT2D eigenvalue weighted by molar-refractivity contribution is 0.125. The Hall–Kier alpha value is -1.10. The summed E-state index contributed by atoms with van der Waals surface area (Å²) in [5, 5.41) is 14.4. The fourth-order valence-electron chi connectivity index (χ4n) is 2.59. The Labute approximate surface area is 139 Å². The minimum absolute atomic E-state index is 0.516. The summed E-state index contributed by atoms with van der Waals surface area (Å²) >= 11 is 3.76. The lowest BCUT2D eigenvalue weighted by atomic mass is 9.97. The Morgan fingerprint density at radius 1 is 1.57 bits per heavy atom. The molecule has 0 saturated carbocycles. The molecule has 0 unspecified atom stereocenters. The van der Waals surface area contributed by atoms with E-state index < -0.39 is 6.09 Å². The van der Waals surface area contributed by atoms with Crippen molar-refractivity contribution in [2.75, 3.05) is 31.6 Å². The molecule has 3 heterocycles. The average Bonchev–Trinajstić information content (AvgIpc) is 2.96. The highest BCUT2D eigenvalue weighted by Gasteiger charge is 2.24. The first-order valence-corrected chi connectivity index (χ1v) is 8.63. The number of likely N-dealkylation sites (tertiary alicyclic amines) is 1. The van der Waals surface area contributed by atoms with E-state index in [1.807, 2.05) is 17.8 Å². The summed E-state index contributed by atoms with van der Waals surface area (Å²) in [6, 6.07) is 0. The van der Waals surface area contributed by atoms with E-state index in [1.165, 1.54) is 4.90 Å². The molecule has 1 amide bonds. The monoisotopic (exact) mass is 421 g/mol. The molecule has 0 aliphatic carbocycles. The number of amides is 1. The maximum atomic E-state index is 10.9. The van der Waals surface area contributed by atoms with Crippen molar-refractivity contribution in [1.82, 2.24) is 19.5 Å². The van der Waals surface area contributed by atoms with Crippen molar-refractivity contribution in [3.63, 3.8) is 0 Å². The van der Waals surface area contributed by atoms with Crippen LogP contribution in [0.3, 0.4) is 0 Å². The van der Waals surface area contributed by atoms with Crippen LogP contribution >= 0.6 is 33.9 Å². The number of hydrogen-bond acceptors (Lipinski definition) is 5. The van der Waals surface area contributed by atoms with E-state index in [-0.39, 0.29) is 0 Å². The number of carboxylic acid groups (broad SMARTS) is 1. The lowest BCUT2D eigenvalue weighted by Crippen LogP contribution is -2.40.